The van der Waals surface area contributed by atoms with E-state index in [1.54, 1.807) is 13.8 Å². The van der Waals surface area contributed by atoms with Gasteiger partial charge in [-0.05, 0) is 13.8 Å². The fraction of sp³-hybridized carbons (Fsp3) is 0.500. The van der Waals surface area contributed by atoms with E-state index < -0.39 is 0 Å². The number of esters is 1. The monoisotopic (exact) mass is 111 g/mol. The number of cyclic esters (lactones) is 1. The standard InChI is InChI=1S/C6H7O2/c1-4-3-5(2)8-6(4)7/h5H,1-2H3. The molecule has 1 aliphatic rings. The Labute approximate surface area is 48.1 Å². The van der Waals surface area contributed by atoms with Crippen LogP contribution in [0.1, 0.15) is 13.8 Å². The summed E-state index contributed by atoms with van der Waals surface area (Å²) in [6.07, 6.45) is 2.67. The van der Waals surface area contributed by atoms with E-state index in [2.05, 4.69) is 10.8 Å². The van der Waals surface area contributed by atoms with Crippen LogP contribution >= 0.6 is 0 Å². The van der Waals surface area contributed by atoms with Gasteiger partial charge in [0.2, 0.25) is 0 Å². The summed E-state index contributed by atoms with van der Waals surface area (Å²) in [5, 5.41) is 0. The van der Waals surface area contributed by atoms with Gasteiger partial charge in [-0.3, -0.25) is 0 Å². The third-order valence-corrected chi connectivity index (χ3v) is 1.01. The van der Waals surface area contributed by atoms with E-state index in [4.69, 9.17) is 0 Å². The van der Waals surface area contributed by atoms with Gasteiger partial charge >= 0.3 is 5.97 Å². The summed E-state index contributed by atoms with van der Waals surface area (Å²) in [7, 11) is 0. The van der Waals surface area contributed by atoms with Crippen LogP contribution in [0.25, 0.3) is 0 Å². The first-order valence-corrected chi connectivity index (χ1v) is 2.51. The van der Waals surface area contributed by atoms with Crippen molar-refractivity contribution < 1.29 is 9.53 Å². The molecule has 8 heavy (non-hydrogen) atoms. The lowest BCUT2D eigenvalue weighted by atomic mass is 10.3. The van der Waals surface area contributed by atoms with Gasteiger partial charge in [0.25, 0.3) is 0 Å². The molecule has 0 aliphatic carbocycles. The molecule has 43 valence electrons. The highest BCUT2D eigenvalue weighted by molar-refractivity contribution is 5.89. The molecule has 0 amide bonds. The second-order valence-corrected chi connectivity index (χ2v) is 1.82. The quantitative estimate of drug-likeness (QED) is 0.430. The highest BCUT2D eigenvalue weighted by Gasteiger charge is 2.17. The zero-order valence-electron chi connectivity index (χ0n) is 4.89. The maximum absolute atomic E-state index is 10.5. The number of ether oxygens (including phenoxy) is 1. The summed E-state index contributed by atoms with van der Waals surface area (Å²) in [5.74, 6) is -0.238. The van der Waals surface area contributed by atoms with Gasteiger partial charge in [0.15, 0.2) is 0 Å². The number of carbonyl (C=O) groups excluding carboxylic acids is 1. The minimum absolute atomic E-state index is 0.137. The topological polar surface area (TPSA) is 26.3 Å². The van der Waals surface area contributed by atoms with Crippen LogP contribution in [0.5, 0.6) is 0 Å². The molecular formula is C6H7O2. The van der Waals surface area contributed by atoms with E-state index >= 15 is 0 Å². The van der Waals surface area contributed by atoms with Crippen molar-refractivity contribution in [3.05, 3.63) is 11.6 Å². The van der Waals surface area contributed by atoms with Crippen LogP contribution in [-0.2, 0) is 9.53 Å². The highest BCUT2D eigenvalue weighted by Crippen LogP contribution is 2.09. The average Bonchev–Trinajstić information content (AvgIpc) is 1.85. The Morgan fingerprint density at radius 2 is 2.38 bits per heavy atom. The van der Waals surface area contributed by atoms with Gasteiger partial charge in [-0.15, -0.1) is 0 Å². The van der Waals surface area contributed by atoms with E-state index in [-0.39, 0.29) is 12.1 Å². The van der Waals surface area contributed by atoms with Crippen LogP contribution in [-0.4, -0.2) is 12.1 Å². The zero-order chi connectivity index (χ0) is 6.15. The Kier molecular flexibility index (Phi) is 1.08. The van der Waals surface area contributed by atoms with Gasteiger partial charge in [-0.25, -0.2) is 4.79 Å². The lowest BCUT2D eigenvalue weighted by Crippen LogP contribution is -2.02. The van der Waals surface area contributed by atoms with Crippen molar-refractivity contribution in [2.24, 2.45) is 0 Å². The highest BCUT2D eigenvalue weighted by atomic mass is 16.5. The van der Waals surface area contributed by atoms with Gasteiger partial charge < -0.3 is 4.74 Å². The van der Waals surface area contributed by atoms with Crippen LogP contribution < -0.4 is 0 Å². The molecule has 0 spiro atoms. The Balaban J connectivity index is 2.73. The van der Waals surface area contributed by atoms with Crippen molar-refractivity contribution in [1.29, 1.82) is 0 Å². The molecule has 0 bridgehead atoms. The van der Waals surface area contributed by atoms with E-state index in [1.807, 2.05) is 0 Å². The Bertz CT molecular complexity index is 147. The largest absolute Gasteiger partial charge is 0.454 e. The van der Waals surface area contributed by atoms with Gasteiger partial charge in [0.1, 0.15) is 6.10 Å². The maximum atomic E-state index is 10.5. The molecule has 0 saturated carbocycles. The molecule has 1 rings (SSSR count). The minimum atomic E-state index is -0.238. The van der Waals surface area contributed by atoms with E-state index in [0.29, 0.717) is 5.57 Å². The zero-order valence-corrected chi connectivity index (χ0v) is 4.89. The molecule has 1 radical (unpaired) electrons. The number of rotatable bonds is 0. The third-order valence-electron chi connectivity index (χ3n) is 1.01. The molecule has 1 aliphatic heterocycles. The van der Waals surface area contributed by atoms with Gasteiger partial charge in [-0.1, -0.05) is 0 Å². The van der Waals surface area contributed by atoms with Crippen molar-refractivity contribution in [2.45, 2.75) is 20.0 Å². The smallest absolute Gasteiger partial charge is 0.334 e. The van der Waals surface area contributed by atoms with E-state index in [9.17, 15) is 4.79 Å². The second-order valence-electron chi connectivity index (χ2n) is 1.82. The molecule has 0 aromatic rings. The van der Waals surface area contributed by atoms with Gasteiger partial charge in [0, 0.05) is 11.6 Å². The van der Waals surface area contributed by atoms with Gasteiger partial charge in [-0.2, -0.15) is 0 Å². The average molecular weight is 111 g/mol. The molecule has 0 N–H and O–H groups in total. The predicted octanol–water partition coefficient (Wildman–Crippen LogP) is 0.681. The summed E-state index contributed by atoms with van der Waals surface area (Å²) in [6, 6.07) is 0. The van der Waals surface area contributed by atoms with Crippen LogP contribution in [0.15, 0.2) is 5.57 Å². The second kappa shape index (κ2) is 1.62. The molecule has 0 aromatic carbocycles. The first-order valence-electron chi connectivity index (χ1n) is 2.51. The fourth-order valence-corrected chi connectivity index (χ4v) is 0.642. The maximum Gasteiger partial charge on any atom is 0.334 e. The lowest BCUT2D eigenvalue weighted by Gasteiger charge is -1.95. The molecule has 0 aromatic heterocycles. The molecular weight excluding hydrogens is 104 g/mol. The van der Waals surface area contributed by atoms with Crippen LogP contribution in [0.4, 0.5) is 0 Å². The summed E-state index contributed by atoms with van der Waals surface area (Å²) in [4.78, 5) is 10.5. The van der Waals surface area contributed by atoms with Gasteiger partial charge in [0.05, 0.1) is 0 Å². The molecule has 0 fully saturated rings. The van der Waals surface area contributed by atoms with Crippen LogP contribution in [0, 0.1) is 6.08 Å². The molecule has 1 heterocycles. The van der Waals surface area contributed by atoms with Crippen LogP contribution in [0.2, 0.25) is 0 Å². The first-order chi connectivity index (χ1) is 3.70. The molecule has 2 nitrogen and oxygen atoms in total. The Morgan fingerprint density at radius 3 is 2.50 bits per heavy atom. The molecule has 2 heteroatoms. The van der Waals surface area contributed by atoms with Crippen molar-refractivity contribution >= 4 is 5.97 Å². The van der Waals surface area contributed by atoms with Crippen molar-refractivity contribution in [2.75, 3.05) is 0 Å². The lowest BCUT2D eigenvalue weighted by molar-refractivity contribution is -0.139. The summed E-state index contributed by atoms with van der Waals surface area (Å²) >= 11 is 0. The first kappa shape index (κ1) is 5.35. The van der Waals surface area contributed by atoms with Crippen molar-refractivity contribution in [3.8, 4) is 0 Å². The van der Waals surface area contributed by atoms with E-state index in [0.717, 1.165) is 0 Å². The summed E-state index contributed by atoms with van der Waals surface area (Å²) in [6.45, 7) is 3.49. The fourth-order valence-electron chi connectivity index (χ4n) is 0.642. The normalized spacial score (nSPS) is 27.5. The molecule has 0 saturated heterocycles. The Morgan fingerprint density at radius 1 is 1.75 bits per heavy atom. The third kappa shape index (κ3) is 0.735. The molecule has 1 atom stereocenters. The van der Waals surface area contributed by atoms with E-state index in [1.165, 1.54) is 0 Å². The SMILES string of the molecule is CC1=[C]C(C)OC1=O. The predicted molar refractivity (Wildman–Crippen MR) is 28.0 cm³/mol. The summed E-state index contributed by atoms with van der Waals surface area (Å²) in [5.41, 5.74) is 0.595. The van der Waals surface area contributed by atoms with Crippen LogP contribution in [0.3, 0.4) is 0 Å². The van der Waals surface area contributed by atoms with Crippen molar-refractivity contribution in [1.82, 2.24) is 0 Å². The number of carbonyl (C=O) groups is 1. The summed E-state index contributed by atoms with van der Waals surface area (Å²) < 4.78 is 4.69. The molecule has 1 unspecified atom stereocenters. The Hall–Kier alpha value is -0.790. The number of hydrogen-bond donors (Lipinski definition) is 0. The number of hydrogen-bond acceptors (Lipinski definition) is 2. The van der Waals surface area contributed by atoms with Crippen molar-refractivity contribution in [3.63, 3.8) is 0 Å². The minimum Gasteiger partial charge on any atom is -0.454 e.